The number of hydrogen-bond acceptors (Lipinski definition) is 41. The van der Waals surface area contributed by atoms with Crippen LogP contribution < -0.4 is 78.6 Å². The van der Waals surface area contributed by atoms with E-state index in [9.17, 15) is 87.9 Å². The summed E-state index contributed by atoms with van der Waals surface area (Å²) in [7, 11) is 14.3. The topological polar surface area (TPSA) is 640 Å². The van der Waals surface area contributed by atoms with E-state index in [1.54, 1.807) is 37.4 Å². The van der Waals surface area contributed by atoms with E-state index >= 15 is 0 Å². The molecule has 5 rings (SSSR count). The monoisotopic (exact) mass is 1850 g/mol. The van der Waals surface area contributed by atoms with Gasteiger partial charge in [0.1, 0.15) is 92.0 Å². The standard InChI is InChI=1S/C17H20N2O11.C13H16N2O7.C13H17NO5.C11H12N2O7.C7H9NO.2C3H5BrO2.C2H4O2.CH4O.Na.H2O/c1-11(20)27-9-29-16(22)7-18(8-17(23)30-10-28-12(2)21)14-5-4-13(19(24)25)6-15(14)26-3;1-20-11-6-9(15(18)19)4-5-10(11)14(7-12(16)21-2)8-13(17)22-3;1-17-11-7-5-4-6-10(11)14(8-12(15)18-2)9-13(16)19-3;1-20-9-4-7(13(18)19)2-3-8(9)12(5-10(14)15)6-11(16)17;1-9-7-5-3-2-4-6(7)8;1-6-3(5)2-4;1-3(5)6-2-4;1-2(3)4;1-2;;/h4-6H,7-10H2,1-3H3;4-6H,7-8H2,1-3H3;4-7H,8-9H2,1-3H3;2-4H,5-6H2,1H3,(H,14,15)(H,16,17);2-5H,8H2,1H3;2*2H2,1H3;1H3,(H,3,4);2H,1H3;;1H2/q;;;;;;;;;+1;/p-1. The van der Waals surface area contributed by atoms with Crippen molar-refractivity contribution < 1.29 is 204 Å². The number of alkyl halides is 2. The molecule has 5 aromatic carbocycles. The summed E-state index contributed by atoms with van der Waals surface area (Å²) in [5, 5.41) is 64.7. The number of non-ortho nitro benzene ring substituents is 3. The molecule has 5 aromatic rings. The maximum absolute atomic E-state index is 12.0. The quantitative estimate of drug-likeness (QED) is 0.00574. The number of nitrogens with zero attached hydrogens (tertiary/aromatic N) is 7. The van der Waals surface area contributed by atoms with E-state index in [2.05, 4.69) is 69.8 Å². The van der Waals surface area contributed by atoms with Gasteiger partial charge >= 0.3 is 101 Å². The number of aliphatic hydroxyl groups is 1. The third kappa shape index (κ3) is 54.3. The molecule has 0 aliphatic carbocycles. The minimum Gasteiger partial charge on any atom is -0.870 e. The zero-order valence-corrected chi connectivity index (χ0v) is 73.1. The fourth-order valence-corrected chi connectivity index (χ4v) is 8.24. The Bertz CT molecular complexity index is 3960. The average Bonchev–Trinajstić information content (AvgIpc) is 0.832. The Kier molecular flexibility index (Phi) is 68.3. The van der Waals surface area contributed by atoms with Crippen molar-refractivity contribution in [1.82, 2.24) is 0 Å². The van der Waals surface area contributed by atoms with E-state index in [0.717, 1.165) is 67.7 Å². The van der Waals surface area contributed by atoms with Crippen LogP contribution in [0.3, 0.4) is 0 Å². The fraction of sp³-hybridized carbons (Fsp3) is 0.386. The number of nitrogen functional groups attached to an aromatic ring is 1. The van der Waals surface area contributed by atoms with Gasteiger partial charge in [0.2, 0.25) is 13.6 Å². The van der Waals surface area contributed by atoms with Crippen LogP contribution in [0.2, 0.25) is 0 Å². The van der Waals surface area contributed by atoms with Crippen LogP contribution in [0.15, 0.2) is 103 Å². The number of anilines is 5. The zero-order chi connectivity index (χ0) is 91.2. The normalized spacial score (nSPS) is 9.12. The first-order valence-corrected chi connectivity index (χ1v) is 34.7. The molecule has 47 nitrogen and oxygen atoms in total. The third-order valence-corrected chi connectivity index (χ3v) is 13.4. The van der Waals surface area contributed by atoms with Crippen molar-refractivity contribution in [1.29, 1.82) is 0 Å². The largest absolute Gasteiger partial charge is 1.00 e. The van der Waals surface area contributed by atoms with Crippen LogP contribution in [0, 0.1) is 30.3 Å². The first-order chi connectivity index (χ1) is 55.7. The number of methoxy groups -OCH3 is 10. The molecule has 662 valence electrons. The molecule has 0 heterocycles. The number of aliphatic carboxylic acids is 3. The molecule has 0 aliphatic heterocycles. The minimum absolute atomic E-state index is 0. The second-order valence-electron chi connectivity index (χ2n) is 20.8. The van der Waals surface area contributed by atoms with Gasteiger partial charge in [0, 0.05) is 53.0 Å². The molecule has 7 N–H and O–H groups in total. The zero-order valence-electron chi connectivity index (χ0n) is 67.9. The number of ether oxygens (including phenoxy) is 15. The van der Waals surface area contributed by atoms with Crippen molar-refractivity contribution in [3.8, 4) is 28.7 Å². The number of nitrogens with two attached hydrogens (primary N) is 1. The van der Waals surface area contributed by atoms with Crippen LogP contribution in [-0.4, -0.2) is 273 Å². The van der Waals surface area contributed by atoms with Crippen molar-refractivity contribution in [3.05, 3.63) is 133 Å². The number of nitro benzene ring substituents is 3. The number of carboxylic acids is 3. The summed E-state index contributed by atoms with van der Waals surface area (Å²) in [6.07, 6.45) is 0. The van der Waals surface area contributed by atoms with E-state index in [1.807, 2.05) is 18.2 Å². The first kappa shape index (κ1) is 118. The summed E-state index contributed by atoms with van der Waals surface area (Å²) in [6.45, 7) is 0.671. The molecule has 0 unspecified atom stereocenters. The Hall–Kier alpha value is -12.7. The van der Waals surface area contributed by atoms with Gasteiger partial charge < -0.3 is 122 Å². The first-order valence-electron chi connectivity index (χ1n) is 32.4. The van der Waals surface area contributed by atoms with Gasteiger partial charge in [-0.3, -0.25) is 92.7 Å². The molecule has 0 saturated carbocycles. The molecule has 0 aromatic heterocycles. The number of benzene rings is 5. The number of hydrogen-bond donors (Lipinski definition) is 5. The molecular weight excluding hydrogens is 1760 g/mol. The van der Waals surface area contributed by atoms with Crippen molar-refractivity contribution in [2.45, 2.75) is 27.7 Å². The summed E-state index contributed by atoms with van der Waals surface area (Å²) in [5.74, 6) is -7.43. The number of esters is 10. The molecule has 0 bridgehead atoms. The van der Waals surface area contributed by atoms with E-state index < -0.39 is 120 Å². The number of nitro groups is 3. The molecule has 120 heavy (non-hydrogen) atoms. The van der Waals surface area contributed by atoms with Crippen LogP contribution in [0.4, 0.5) is 45.5 Å². The Balaban J connectivity index is -0.000000327. The molecule has 0 atom stereocenters. The van der Waals surface area contributed by atoms with Crippen molar-refractivity contribution in [2.75, 3.05) is 180 Å². The molecular formula is C70H93Br2N8NaO39. The van der Waals surface area contributed by atoms with Gasteiger partial charge in [0.15, 0.2) is 0 Å². The molecule has 0 spiro atoms. The van der Waals surface area contributed by atoms with E-state index in [4.69, 9.17) is 64.1 Å². The number of rotatable bonds is 34. The molecule has 0 fully saturated rings. The predicted octanol–water partition coefficient (Wildman–Crippen LogP) is 1.98. The predicted molar refractivity (Wildman–Crippen MR) is 422 cm³/mol. The molecule has 0 amide bonds. The van der Waals surface area contributed by atoms with Gasteiger partial charge in [0.05, 0.1) is 133 Å². The van der Waals surface area contributed by atoms with Crippen LogP contribution in [0.5, 0.6) is 28.7 Å². The maximum Gasteiger partial charge on any atom is 1.00 e. The van der Waals surface area contributed by atoms with E-state index in [0.29, 0.717) is 28.3 Å². The average molecular weight is 1850 g/mol. The number of carbonyl (C=O) groups is 13. The molecule has 0 saturated heterocycles. The van der Waals surface area contributed by atoms with Crippen molar-refractivity contribution in [2.24, 2.45) is 0 Å². The minimum atomic E-state index is -1.23. The van der Waals surface area contributed by atoms with Crippen molar-refractivity contribution in [3.63, 3.8) is 0 Å². The fourth-order valence-electron chi connectivity index (χ4n) is 7.68. The second kappa shape index (κ2) is 69.4. The number of carbonyl (C=O) groups excluding carboxylic acids is 10. The van der Waals surface area contributed by atoms with E-state index in [1.165, 1.54) is 111 Å². The molecule has 50 heteroatoms. The van der Waals surface area contributed by atoms with Gasteiger partial charge in [-0.15, -0.1) is 0 Å². The van der Waals surface area contributed by atoms with Gasteiger partial charge in [0.25, 0.3) is 23.0 Å². The number of halogens is 2. The Morgan fingerprint density at radius 1 is 0.367 bits per heavy atom. The maximum atomic E-state index is 12.0. The van der Waals surface area contributed by atoms with Gasteiger partial charge in [-0.2, -0.15) is 0 Å². The third-order valence-electron chi connectivity index (χ3n) is 12.8. The van der Waals surface area contributed by atoms with E-state index in [-0.39, 0.29) is 124 Å². The Labute approximate surface area is 724 Å². The van der Waals surface area contributed by atoms with Gasteiger partial charge in [-0.25, -0.2) is 0 Å². The Morgan fingerprint density at radius 2 is 0.617 bits per heavy atom. The van der Waals surface area contributed by atoms with Gasteiger partial charge in [-0.1, -0.05) is 40.2 Å². The number of aliphatic hydroxyl groups excluding tert-OH is 1. The van der Waals surface area contributed by atoms with Crippen LogP contribution in [0.25, 0.3) is 0 Å². The summed E-state index contributed by atoms with van der Waals surface area (Å²) in [6, 6.07) is 25.4. The van der Waals surface area contributed by atoms with Gasteiger partial charge in [-0.05, 0) is 58.4 Å². The van der Waals surface area contributed by atoms with Crippen LogP contribution in [-0.2, 0) is 110 Å². The summed E-state index contributed by atoms with van der Waals surface area (Å²) < 4.78 is 70.7. The molecule has 0 radical (unpaired) electrons. The number of carboxylic acid groups (broad SMARTS) is 3. The SMILES string of the molecule is CC(=O)O.CC(=O)OCBr.CO.COC(=O)CBr.COC(=O)CN(CC(=O)OC)c1ccc([N+](=O)[O-])cc1OC.COC(=O)CN(CC(=O)OC)c1ccccc1OC.COc1cc([N+](=O)[O-])ccc1N(CC(=O)O)CC(=O)O.COc1cc([N+](=O)[O-])ccc1N(CC(=O)OCOC(C)=O)CC(=O)OCOC(C)=O.COc1ccccc1N.[Na+].[OH-]. The summed E-state index contributed by atoms with van der Waals surface area (Å²) in [4.78, 5) is 177. The van der Waals surface area contributed by atoms with Crippen molar-refractivity contribution >= 4 is 155 Å². The van der Waals surface area contributed by atoms with Crippen LogP contribution in [0.1, 0.15) is 27.7 Å². The smallest absolute Gasteiger partial charge is 0.870 e. The molecule has 0 aliphatic rings. The van der Waals surface area contributed by atoms with Crippen LogP contribution >= 0.6 is 31.9 Å². The second-order valence-corrected chi connectivity index (χ2v) is 21.8. The summed E-state index contributed by atoms with van der Waals surface area (Å²) >= 11 is 5.81. The number of para-hydroxylation sites is 4. The summed E-state index contributed by atoms with van der Waals surface area (Å²) in [5.41, 5.74) is 7.07. The Morgan fingerprint density at radius 3 is 0.825 bits per heavy atom.